The van der Waals surface area contributed by atoms with Crippen LogP contribution in [0, 0.1) is 0 Å². The number of anilines is 4. The third-order valence-corrected chi connectivity index (χ3v) is 6.92. The van der Waals surface area contributed by atoms with Gasteiger partial charge < -0.3 is 25.3 Å². The fourth-order valence-corrected chi connectivity index (χ4v) is 4.49. The van der Waals surface area contributed by atoms with Gasteiger partial charge in [0.15, 0.2) is 0 Å². The molecule has 9 nitrogen and oxygen atoms in total. The standard InChI is InChI=1S/C30H30ClN7O2/c1-36(2)26-13-11-25(12-14-26)34-30(40)38-19-17-37(18-20-38)28(39)22-5-9-24(10-6-22)33-29-32-16-15-27(35-29)21-3-7-23(31)8-4-21/h3-16H,17-20H2,1-2H3,(H,34,40)(H,32,33,35). The highest BCUT2D eigenvalue weighted by Gasteiger charge is 2.25. The third kappa shape index (κ3) is 6.50. The summed E-state index contributed by atoms with van der Waals surface area (Å²) in [4.78, 5) is 40.2. The number of hydrogen-bond donors (Lipinski definition) is 2. The lowest BCUT2D eigenvalue weighted by Crippen LogP contribution is -2.51. The minimum Gasteiger partial charge on any atom is -0.378 e. The van der Waals surface area contributed by atoms with Crippen LogP contribution in [0.3, 0.4) is 0 Å². The molecule has 3 aromatic carbocycles. The molecule has 2 heterocycles. The lowest BCUT2D eigenvalue weighted by Gasteiger charge is -2.34. The first-order valence-electron chi connectivity index (χ1n) is 12.9. The van der Waals surface area contributed by atoms with Gasteiger partial charge in [-0.05, 0) is 66.7 Å². The molecule has 0 atom stereocenters. The van der Waals surface area contributed by atoms with Crippen LogP contribution in [0.25, 0.3) is 11.3 Å². The van der Waals surface area contributed by atoms with E-state index in [9.17, 15) is 9.59 Å². The second-order valence-corrected chi connectivity index (χ2v) is 10.1. The quantitative estimate of drug-likeness (QED) is 0.322. The molecule has 0 saturated carbocycles. The number of halogens is 1. The van der Waals surface area contributed by atoms with Crippen molar-refractivity contribution in [3.8, 4) is 11.3 Å². The van der Waals surface area contributed by atoms with Crippen molar-refractivity contribution in [3.63, 3.8) is 0 Å². The maximum Gasteiger partial charge on any atom is 0.321 e. The van der Waals surface area contributed by atoms with Crippen molar-refractivity contribution in [2.24, 2.45) is 0 Å². The lowest BCUT2D eigenvalue weighted by atomic mass is 10.1. The Morgan fingerprint density at radius 2 is 1.43 bits per heavy atom. The molecule has 5 rings (SSSR count). The van der Waals surface area contributed by atoms with Gasteiger partial charge in [0, 0.05) is 79.7 Å². The largest absolute Gasteiger partial charge is 0.378 e. The maximum absolute atomic E-state index is 13.1. The van der Waals surface area contributed by atoms with E-state index < -0.39 is 0 Å². The zero-order valence-electron chi connectivity index (χ0n) is 22.3. The first-order valence-corrected chi connectivity index (χ1v) is 13.3. The maximum atomic E-state index is 13.1. The fourth-order valence-electron chi connectivity index (χ4n) is 4.37. The number of amides is 3. The molecule has 2 N–H and O–H groups in total. The Morgan fingerprint density at radius 1 is 0.800 bits per heavy atom. The van der Waals surface area contributed by atoms with Crippen molar-refractivity contribution in [3.05, 3.63) is 95.6 Å². The van der Waals surface area contributed by atoms with Gasteiger partial charge in [0.25, 0.3) is 5.91 Å². The first kappa shape index (κ1) is 27.0. The molecule has 1 saturated heterocycles. The van der Waals surface area contributed by atoms with Crippen LogP contribution in [0.4, 0.5) is 27.8 Å². The normalized spacial score (nSPS) is 13.1. The molecule has 0 unspecified atom stereocenters. The van der Waals surface area contributed by atoms with E-state index in [0.717, 1.165) is 28.3 Å². The van der Waals surface area contributed by atoms with Gasteiger partial charge in [0.05, 0.1) is 5.69 Å². The molecule has 4 aromatic rings. The van der Waals surface area contributed by atoms with Crippen molar-refractivity contribution < 1.29 is 9.59 Å². The van der Waals surface area contributed by atoms with Crippen LogP contribution < -0.4 is 15.5 Å². The van der Waals surface area contributed by atoms with Gasteiger partial charge in [-0.25, -0.2) is 14.8 Å². The van der Waals surface area contributed by atoms with Crippen LogP contribution in [0.5, 0.6) is 0 Å². The Bertz CT molecular complexity index is 1470. The van der Waals surface area contributed by atoms with Crippen LogP contribution in [0.15, 0.2) is 85.1 Å². The van der Waals surface area contributed by atoms with Crippen LogP contribution >= 0.6 is 11.6 Å². The minimum atomic E-state index is -0.164. The van der Waals surface area contributed by atoms with E-state index in [-0.39, 0.29) is 11.9 Å². The van der Waals surface area contributed by atoms with E-state index in [0.29, 0.717) is 42.7 Å². The van der Waals surface area contributed by atoms with Crippen LogP contribution in [-0.4, -0.2) is 72.0 Å². The lowest BCUT2D eigenvalue weighted by molar-refractivity contribution is 0.0671. The number of benzene rings is 3. The van der Waals surface area contributed by atoms with Gasteiger partial charge in [-0.1, -0.05) is 23.7 Å². The van der Waals surface area contributed by atoms with Gasteiger partial charge in [-0.15, -0.1) is 0 Å². The minimum absolute atomic E-state index is 0.0631. The highest BCUT2D eigenvalue weighted by Crippen LogP contribution is 2.22. The molecule has 1 aliphatic heterocycles. The number of aromatic nitrogens is 2. The summed E-state index contributed by atoms with van der Waals surface area (Å²) in [6.45, 7) is 1.87. The Hall–Kier alpha value is -4.63. The van der Waals surface area contributed by atoms with Crippen molar-refractivity contribution in [2.45, 2.75) is 0 Å². The number of nitrogens with zero attached hydrogens (tertiary/aromatic N) is 5. The summed E-state index contributed by atoms with van der Waals surface area (Å²) in [6, 6.07) is 24.0. The molecule has 1 aliphatic rings. The summed E-state index contributed by atoms with van der Waals surface area (Å²) < 4.78 is 0. The number of piperazine rings is 1. The van der Waals surface area contributed by atoms with E-state index in [1.165, 1.54) is 0 Å². The van der Waals surface area contributed by atoms with Crippen molar-refractivity contribution >= 4 is 46.5 Å². The summed E-state index contributed by atoms with van der Waals surface area (Å²) in [7, 11) is 3.94. The summed E-state index contributed by atoms with van der Waals surface area (Å²) >= 11 is 5.99. The molecule has 1 aromatic heterocycles. The van der Waals surface area contributed by atoms with Gasteiger partial charge in [0.1, 0.15) is 0 Å². The van der Waals surface area contributed by atoms with Gasteiger partial charge in [-0.3, -0.25) is 4.79 Å². The van der Waals surface area contributed by atoms with Gasteiger partial charge in [0.2, 0.25) is 5.95 Å². The van der Waals surface area contributed by atoms with Crippen molar-refractivity contribution in [1.82, 2.24) is 19.8 Å². The first-order chi connectivity index (χ1) is 19.4. The smallest absolute Gasteiger partial charge is 0.321 e. The average molecular weight is 556 g/mol. The summed E-state index contributed by atoms with van der Waals surface area (Å²) in [5, 5.41) is 6.80. The Balaban J connectivity index is 1.14. The van der Waals surface area contributed by atoms with Gasteiger partial charge in [-0.2, -0.15) is 0 Å². The second-order valence-electron chi connectivity index (χ2n) is 9.63. The summed E-state index contributed by atoms with van der Waals surface area (Å²) in [5.41, 5.74) is 4.86. The highest BCUT2D eigenvalue weighted by atomic mass is 35.5. The Kier molecular flexibility index (Phi) is 8.12. The number of nitrogens with one attached hydrogen (secondary N) is 2. The predicted molar refractivity (Wildman–Crippen MR) is 159 cm³/mol. The van der Waals surface area contributed by atoms with Crippen LogP contribution in [0.2, 0.25) is 5.02 Å². The molecule has 3 amide bonds. The number of rotatable bonds is 6. The Morgan fingerprint density at radius 3 is 2.08 bits per heavy atom. The molecule has 1 fully saturated rings. The van der Waals surface area contributed by atoms with E-state index in [1.54, 1.807) is 28.1 Å². The number of hydrogen-bond acceptors (Lipinski definition) is 6. The fraction of sp³-hybridized carbons (Fsp3) is 0.200. The van der Waals surface area contributed by atoms with Gasteiger partial charge >= 0.3 is 6.03 Å². The van der Waals surface area contributed by atoms with E-state index >= 15 is 0 Å². The van der Waals surface area contributed by atoms with Crippen molar-refractivity contribution in [1.29, 1.82) is 0 Å². The monoisotopic (exact) mass is 555 g/mol. The molecule has 0 bridgehead atoms. The molecule has 0 radical (unpaired) electrons. The van der Waals surface area contributed by atoms with Crippen molar-refractivity contribution in [2.75, 3.05) is 55.8 Å². The van der Waals surface area contributed by atoms with E-state index in [1.807, 2.05) is 85.7 Å². The molecule has 204 valence electrons. The predicted octanol–water partition coefficient (Wildman–Crippen LogP) is 5.60. The molecule has 10 heteroatoms. The third-order valence-electron chi connectivity index (χ3n) is 6.67. The zero-order chi connectivity index (χ0) is 28.1. The molecular formula is C30H30ClN7O2. The van der Waals surface area contributed by atoms with E-state index in [4.69, 9.17) is 11.6 Å². The summed E-state index contributed by atoms with van der Waals surface area (Å²) in [6.07, 6.45) is 1.69. The topological polar surface area (TPSA) is 93.7 Å². The Labute approximate surface area is 238 Å². The number of carbonyl (C=O) groups excluding carboxylic acids is 2. The zero-order valence-corrected chi connectivity index (χ0v) is 23.1. The van der Waals surface area contributed by atoms with Crippen LogP contribution in [0.1, 0.15) is 10.4 Å². The van der Waals surface area contributed by atoms with E-state index in [2.05, 4.69) is 20.6 Å². The highest BCUT2D eigenvalue weighted by molar-refractivity contribution is 6.30. The number of urea groups is 1. The molecule has 0 spiro atoms. The van der Waals surface area contributed by atoms with Crippen LogP contribution in [-0.2, 0) is 0 Å². The number of carbonyl (C=O) groups is 2. The second kappa shape index (κ2) is 12.0. The molecular weight excluding hydrogens is 526 g/mol. The molecule has 0 aliphatic carbocycles. The average Bonchev–Trinajstić information content (AvgIpc) is 2.98. The SMILES string of the molecule is CN(C)c1ccc(NC(=O)N2CCN(C(=O)c3ccc(Nc4nccc(-c5ccc(Cl)cc5)n4)cc3)CC2)cc1. The molecule has 40 heavy (non-hydrogen) atoms. The summed E-state index contributed by atoms with van der Waals surface area (Å²) in [5.74, 6) is 0.390.